The summed E-state index contributed by atoms with van der Waals surface area (Å²) in [6.07, 6.45) is 0. The third-order valence-corrected chi connectivity index (χ3v) is 2.76. The first-order chi connectivity index (χ1) is 8.10. The van der Waals surface area contributed by atoms with E-state index in [0.717, 1.165) is 5.69 Å². The largest absolute Gasteiger partial charge is 0.394 e. The van der Waals surface area contributed by atoms with Crippen molar-refractivity contribution in [2.75, 3.05) is 19.0 Å². The van der Waals surface area contributed by atoms with Crippen LogP contribution in [0, 0.1) is 5.92 Å². The predicted octanol–water partition coefficient (Wildman–Crippen LogP) is 1.47. The van der Waals surface area contributed by atoms with Crippen molar-refractivity contribution in [3.63, 3.8) is 0 Å². The van der Waals surface area contributed by atoms with Crippen molar-refractivity contribution >= 4 is 11.6 Å². The molecule has 0 spiro atoms. The fourth-order valence-corrected chi connectivity index (χ4v) is 1.57. The summed E-state index contributed by atoms with van der Waals surface area (Å²) in [5, 5.41) is 15.0. The van der Waals surface area contributed by atoms with Gasteiger partial charge in [-0.3, -0.25) is 4.79 Å². The molecule has 17 heavy (non-hydrogen) atoms. The molecule has 0 aliphatic carbocycles. The van der Waals surface area contributed by atoms with Gasteiger partial charge in [-0.15, -0.1) is 0 Å². The van der Waals surface area contributed by atoms with E-state index < -0.39 is 0 Å². The lowest BCUT2D eigenvalue weighted by Gasteiger charge is -2.20. The van der Waals surface area contributed by atoms with Crippen molar-refractivity contribution in [3.05, 3.63) is 29.8 Å². The maximum absolute atomic E-state index is 12.0. The van der Waals surface area contributed by atoms with E-state index in [2.05, 4.69) is 10.6 Å². The second-order valence-corrected chi connectivity index (χ2v) is 4.30. The number of carbonyl (C=O) groups excluding carboxylic acids is 1. The molecule has 4 nitrogen and oxygen atoms in total. The second-order valence-electron chi connectivity index (χ2n) is 4.30. The number of hydrogen-bond donors (Lipinski definition) is 3. The summed E-state index contributed by atoms with van der Waals surface area (Å²) in [5.41, 5.74) is 1.37. The highest BCUT2D eigenvalue weighted by molar-refractivity contribution is 5.99. The van der Waals surface area contributed by atoms with Gasteiger partial charge in [0.1, 0.15) is 0 Å². The number of amides is 1. The summed E-state index contributed by atoms with van der Waals surface area (Å²) in [5.74, 6) is 0.0356. The Morgan fingerprint density at radius 1 is 1.35 bits per heavy atom. The van der Waals surface area contributed by atoms with Crippen LogP contribution in [-0.4, -0.2) is 30.7 Å². The van der Waals surface area contributed by atoms with Gasteiger partial charge in [0.05, 0.1) is 18.2 Å². The van der Waals surface area contributed by atoms with Crippen LogP contribution in [0.4, 0.5) is 5.69 Å². The summed E-state index contributed by atoms with van der Waals surface area (Å²) in [6, 6.07) is 7.08. The summed E-state index contributed by atoms with van der Waals surface area (Å²) < 4.78 is 0. The van der Waals surface area contributed by atoms with Crippen LogP contribution in [0.25, 0.3) is 0 Å². The zero-order valence-corrected chi connectivity index (χ0v) is 10.5. The van der Waals surface area contributed by atoms with E-state index >= 15 is 0 Å². The number of benzene rings is 1. The Morgan fingerprint density at radius 2 is 2.00 bits per heavy atom. The van der Waals surface area contributed by atoms with Crippen LogP contribution >= 0.6 is 0 Å². The van der Waals surface area contributed by atoms with Crippen LogP contribution < -0.4 is 10.6 Å². The van der Waals surface area contributed by atoms with E-state index in [0.29, 0.717) is 5.56 Å². The van der Waals surface area contributed by atoms with Crippen molar-refractivity contribution in [3.8, 4) is 0 Å². The lowest BCUT2D eigenvalue weighted by Crippen LogP contribution is -2.41. The van der Waals surface area contributed by atoms with E-state index in [4.69, 9.17) is 0 Å². The fourth-order valence-electron chi connectivity index (χ4n) is 1.57. The highest BCUT2D eigenvalue weighted by atomic mass is 16.3. The molecule has 1 rings (SSSR count). The third kappa shape index (κ3) is 3.46. The monoisotopic (exact) mass is 236 g/mol. The molecule has 0 bridgehead atoms. The Morgan fingerprint density at radius 3 is 2.53 bits per heavy atom. The fraction of sp³-hybridized carbons (Fsp3) is 0.462. The molecular weight excluding hydrogens is 216 g/mol. The molecule has 0 unspecified atom stereocenters. The summed E-state index contributed by atoms with van der Waals surface area (Å²) >= 11 is 0. The molecule has 94 valence electrons. The maximum Gasteiger partial charge on any atom is 0.253 e. The van der Waals surface area contributed by atoms with Gasteiger partial charge < -0.3 is 15.7 Å². The molecule has 1 atom stereocenters. The smallest absolute Gasteiger partial charge is 0.253 e. The highest BCUT2D eigenvalue weighted by Gasteiger charge is 2.17. The Hall–Kier alpha value is -1.55. The van der Waals surface area contributed by atoms with E-state index in [9.17, 15) is 9.90 Å². The third-order valence-electron chi connectivity index (χ3n) is 2.76. The number of rotatable bonds is 5. The van der Waals surface area contributed by atoms with Crippen LogP contribution in [0.2, 0.25) is 0 Å². The maximum atomic E-state index is 12.0. The second kappa shape index (κ2) is 6.25. The molecule has 0 saturated carbocycles. The van der Waals surface area contributed by atoms with E-state index in [1.165, 1.54) is 0 Å². The molecule has 0 aromatic heterocycles. The van der Waals surface area contributed by atoms with Gasteiger partial charge in [-0.25, -0.2) is 0 Å². The van der Waals surface area contributed by atoms with E-state index in [1.54, 1.807) is 13.1 Å². The first-order valence-corrected chi connectivity index (χ1v) is 5.78. The van der Waals surface area contributed by atoms with Crippen molar-refractivity contribution in [2.45, 2.75) is 19.9 Å². The van der Waals surface area contributed by atoms with E-state index in [-0.39, 0.29) is 24.5 Å². The average molecular weight is 236 g/mol. The number of hydrogen-bond acceptors (Lipinski definition) is 3. The Labute approximate surface area is 102 Å². The molecule has 0 saturated heterocycles. The molecule has 1 aromatic rings. The zero-order chi connectivity index (χ0) is 12.8. The molecule has 1 amide bonds. The van der Waals surface area contributed by atoms with Crippen LogP contribution in [0.15, 0.2) is 24.3 Å². The normalized spacial score (nSPS) is 12.3. The van der Waals surface area contributed by atoms with Crippen LogP contribution in [-0.2, 0) is 0 Å². The Bertz CT molecular complexity index is 377. The molecule has 0 fully saturated rings. The summed E-state index contributed by atoms with van der Waals surface area (Å²) in [4.78, 5) is 12.0. The van der Waals surface area contributed by atoms with Crippen molar-refractivity contribution in [1.29, 1.82) is 0 Å². The Balaban J connectivity index is 2.82. The van der Waals surface area contributed by atoms with Gasteiger partial charge >= 0.3 is 0 Å². The molecule has 3 N–H and O–H groups in total. The van der Waals surface area contributed by atoms with Gasteiger partial charge in [0.2, 0.25) is 0 Å². The Kier molecular flexibility index (Phi) is 4.97. The van der Waals surface area contributed by atoms with E-state index in [1.807, 2.05) is 32.0 Å². The predicted molar refractivity (Wildman–Crippen MR) is 69.2 cm³/mol. The minimum Gasteiger partial charge on any atom is -0.394 e. The number of anilines is 1. The molecule has 0 radical (unpaired) electrons. The molecule has 4 heteroatoms. The van der Waals surface area contributed by atoms with Gasteiger partial charge in [0.25, 0.3) is 5.91 Å². The zero-order valence-electron chi connectivity index (χ0n) is 10.5. The first kappa shape index (κ1) is 13.5. The standard InChI is InChI=1S/C13H20N2O2/c1-9(2)12(8-16)15-13(17)10-6-4-5-7-11(10)14-3/h4-7,9,12,14,16H,8H2,1-3H3,(H,15,17)/t12-/m1/s1. The molecule has 0 aliphatic rings. The minimum atomic E-state index is -0.215. The van der Waals surface area contributed by atoms with Gasteiger partial charge in [0, 0.05) is 12.7 Å². The van der Waals surface area contributed by atoms with Gasteiger partial charge in [0.15, 0.2) is 0 Å². The topological polar surface area (TPSA) is 61.4 Å². The average Bonchev–Trinajstić information content (AvgIpc) is 2.35. The highest BCUT2D eigenvalue weighted by Crippen LogP contribution is 2.14. The van der Waals surface area contributed by atoms with Crippen LogP contribution in [0.3, 0.4) is 0 Å². The number of aliphatic hydroxyl groups excluding tert-OH is 1. The lowest BCUT2D eigenvalue weighted by atomic mass is 10.0. The van der Waals surface area contributed by atoms with Crippen molar-refractivity contribution in [2.24, 2.45) is 5.92 Å². The number of para-hydroxylation sites is 1. The number of carbonyl (C=O) groups is 1. The van der Waals surface area contributed by atoms with Crippen molar-refractivity contribution < 1.29 is 9.90 Å². The SMILES string of the molecule is CNc1ccccc1C(=O)N[C@H](CO)C(C)C. The van der Waals surface area contributed by atoms with Crippen LogP contribution in [0.1, 0.15) is 24.2 Å². The number of nitrogens with one attached hydrogen (secondary N) is 2. The van der Waals surface area contributed by atoms with Gasteiger partial charge in [-0.1, -0.05) is 26.0 Å². The minimum absolute atomic E-state index is 0.0505. The van der Waals surface area contributed by atoms with Gasteiger partial charge in [-0.2, -0.15) is 0 Å². The molecule has 0 aliphatic heterocycles. The lowest BCUT2D eigenvalue weighted by molar-refractivity contribution is 0.0897. The van der Waals surface area contributed by atoms with Crippen molar-refractivity contribution in [1.82, 2.24) is 5.32 Å². The number of aliphatic hydroxyl groups is 1. The summed E-state index contributed by atoms with van der Waals surface area (Å²) in [7, 11) is 1.78. The first-order valence-electron chi connectivity index (χ1n) is 5.78. The van der Waals surface area contributed by atoms with Gasteiger partial charge in [-0.05, 0) is 18.1 Å². The molecular formula is C13H20N2O2. The molecule has 0 heterocycles. The molecule has 1 aromatic carbocycles. The quantitative estimate of drug-likeness (QED) is 0.725. The summed E-state index contributed by atoms with van der Waals surface area (Å²) in [6.45, 7) is 3.88. The van der Waals surface area contributed by atoms with Crippen LogP contribution in [0.5, 0.6) is 0 Å².